The van der Waals surface area contributed by atoms with Gasteiger partial charge in [0.1, 0.15) is 11.8 Å². The number of carbonyl (C=O) groups excluding carboxylic acids is 2. The molecule has 0 saturated heterocycles. The number of benzene rings is 2. The molecule has 8 nitrogen and oxygen atoms in total. The molecule has 3 rings (SSSR count). The summed E-state index contributed by atoms with van der Waals surface area (Å²) in [4.78, 5) is 29.9. The molecule has 2 aromatic rings. The van der Waals surface area contributed by atoms with Gasteiger partial charge in [-0.2, -0.15) is 0 Å². The number of nitrogens with zero attached hydrogens (tertiary/aromatic N) is 1. The Morgan fingerprint density at radius 2 is 1.76 bits per heavy atom. The number of ether oxygens (including phenoxy) is 1. The van der Waals surface area contributed by atoms with Gasteiger partial charge in [-0.15, -0.1) is 0 Å². The average Bonchev–Trinajstić information content (AvgIpc) is 2.86. The van der Waals surface area contributed by atoms with Crippen molar-refractivity contribution in [1.29, 1.82) is 0 Å². The third-order valence-corrected chi connectivity index (χ3v) is 5.81. The summed E-state index contributed by atoms with van der Waals surface area (Å²) < 4.78 is 4.88. The second-order valence-corrected chi connectivity index (χ2v) is 8.15. The zero-order chi connectivity index (χ0) is 24.5. The molecule has 0 aromatic heterocycles. The van der Waals surface area contributed by atoms with Crippen LogP contribution in [0.2, 0.25) is 0 Å². The Hall–Kier alpha value is -3.81. The van der Waals surface area contributed by atoms with Gasteiger partial charge < -0.3 is 25.6 Å². The minimum absolute atomic E-state index is 0.0847. The Kier molecular flexibility index (Phi) is 8.67. The van der Waals surface area contributed by atoms with E-state index in [2.05, 4.69) is 15.6 Å². The van der Waals surface area contributed by atoms with Crippen molar-refractivity contribution in [3.63, 3.8) is 0 Å². The monoisotopic (exact) mass is 465 g/mol. The zero-order valence-corrected chi connectivity index (χ0v) is 19.5. The fourth-order valence-corrected chi connectivity index (χ4v) is 4.03. The van der Waals surface area contributed by atoms with Gasteiger partial charge in [0.05, 0.1) is 7.11 Å². The van der Waals surface area contributed by atoms with Crippen LogP contribution in [0.15, 0.2) is 64.8 Å². The Morgan fingerprint density at radius 1 is 1.03 bits per heavy atom. The SMILES string of the molecule is CN=C(C(=O)NC(Cc1ccc(O)c(O)c1)C(=O)OC)C1=C(NCc2ccccc2)CCCC1. The number of phenolic OH excluding ortho intramolecular Hbond substituents is 2. The third-order valence-electron chi connectivity index (χ3n) is 5.81. The van der Waals surface area contributed by atoms with Crippen LogP contribution in [0.1, 0.15) is 36.8 Å². The van der Waals surface area contributed by atoms with Crippen LogP contribution in [0, 0.1) is 0 Å². The molecular formula is C26H31N3O5. The Bertz CT molecular complexity index is 1080. The Balaban J connectivity index is 1.78. The number of aliphatic imine (C=N–C) groups is 1. The summed E-state index contributed by atoms with van der Waals surface area (Å²) in [6, 6.07) is 13.3. The molecule has 8 heteroatoms. The number of carbonyl (C=O) groups is 2. The first kappa shape index (κ1) is 24.8. The Morgan fingerprint density at radius 3 is 2.44 bits per heavy atom. The van der Waals surface area contributed by atoms with Crippen molar-refractivity contribution in [2.75, 3.05) is 14.2 Å². The van der Waals surface area contributed by atoms with E-state index in [0.29, 0.717) is 18.5 Å². The lowest BCUT2D eigenvalue weighted by atomic mass is 9.92. The standard InChI is InChI=1S/C26H31N3O5/c1-27-24(19-10-6-7-11-20(19)28-16-17-8-4-3-5-9-17)25(32)29-21(26(33)34-2)14-18-12-13-22(30)23(31)15-18/h3-5,8-9,12-13,15,21,28,30-31H,6-7,10-11,14,16H2,1-2H3,(H,29,32). The summed E-state index contributed by atoms with van der Waals surface area (Å²) in [6.07, 6.45) is 3.59. The molecule has 0 bridgehead atoms. The van der Waals surface area contributed by atoms with Crippen molar-refractivity contribution in [1.82, 2.24) is 10.6 Å². The summed E-state index contributed by atoms with van der Waals surface area (Å²) in [5.41, 5.74) is 3.83. The van der Waals surface area contributed by atoms with Crippen LogP contribution in [0.5, 0.6) is 11.5 Å². The van der Waals surface area contributed by atoms with Crippen molar-refractivity contribution in [3.8, 4) is 11.5 Å². The van der Waals surface area contributed by atoms with Crippen LogP contribution >= 0.6 is 0 Å². The van der Waals surface area contributed by atoms with Crippen molar-refractivity contribution in [2.45, 2.75) is 44.7 Å². The first-order valence-electron chi connectivity index (χ1n) is 11.3. The van der Waals surface area contributed by atoms with Crippen LogP contribution in [-0.2, 0) is 27.3 Å². The number of phenols is 2. The summed E-state index contributed by atoms with van der Waals surface area (Å²) >= 11 is 0. The molecule has 1 unspecified atom stereocenters. The fraction of sp³-hybridized carbons (Fsp3) is 0.346. The van der Waals surface area contributed by atoms with Crippen molar-refractivity contribution >= 4 is 17.6 Å². The van der Waals surface area contributed by atoms with Crippen molar-refractivity contribution < 1.29 is 24.5 Å². The molecule has 34 heavy (non-hydrogen) atoms. The van der Waals surface area contributed by atoms with Gasteiger partial charge in [-0.1, -0.05) is 36.4 Å². The van der Waals surface area contributed by atoms with Gasteiger partial charge in [0.15, 0.2) is 11.5 Å². The highest BCUT2D eigenvalue weighted by Gasteiger charge is 2.28. The van der Waals surface area contributed by atoms with Gasteiger partial charge in [-0.25, -0.2) is 4.79 Å². The molecular weight excluding hydrogens is 434 g/mol. The second kappa shape index (κ2) is 11.9. The number of rotatable bonds is 9. The Labute approximate surface area is 199 Å². The normalized spacial score (nSPS) is 14.9. The smallest absolute Gasteiger partial charge is 0.328 e. The fourth-order valence-electron chi connectivity index (χ4n) is 4.03. The molecule has 1 aliphatic carbocycles. The number of allylic oxidation sites excluding steroid dienone is 1. The maximum Gasteiger partial charge on any atom is 0.328 e. The highest BCUT2D eigenvalue weighted by atomic mass is 16.5. The van der Waals surface area contributed by atoms with Gasteiger partial charge in [-0.05, 0) is 48.9 Å². The summed E-state index contributed by atoms with van der Waals surface area (Å²) in [5, 5.41) is 25.5. The van der Waals surface area contributed by atoms with Gasteiger partial charge >= 0.3 is 5.97 Å². The number of amides is 1. The highest BCUT2D eigenvalue weighted by molar-refractivity contribution is 6.45. The molecule has 0 aliphatic heterocycles. The van der Waals surface area contributed by atoms with E-state index in [-0.39, 0.29) is 23.6 Å². The summed E-state index contributed by atoms with van der Waals surface area (Å²) in [7, 11) is 2.82. The predicted molar refractivity (Wildman–Crippen MR) is 130 cm³/mol. The second-order valence-electron chi connectivity index (χ2n) is 8.15. The molecule has 1 atom stereocenters. The van der Waals surface area contributed by atoms with Gasteiger partial charge in [-0.3, -0.25) is 9.79 Å². The third kappa shape index (κ3) is 6.37. The molecule has 0 heterocycles. The van der Waals surface area contributed by atoms with E-state index in [4.69, 9.17) is 4.74 Å². The summed E-state index contributed by atoms with van der Waals surface area (Å²) in [6.45, 7) is 0.646. The lowest BCUT2D eigenvalue weighted by Gasteiger charge is -2.24. The van der Waals surface area contributed by atoms with Gasteiger partial charge in [0, 0.05) is 31.3 Å². The van der Waals surface area contributed by atoms with E-state index in [9.17, 15) is 19.8 Å². The molecule has 0 fully saturated rings. The topological polar surface area (TPSA) is 120 Å². The van der Waals surface area contributed by atoms with Crippen LogP contribution in [-0.4, -0.2) is 48.0 Å². The first-order chi connectivity index (χ1) is 16.4. The predicted octanol–water partition coefficient (Wildman–Crippen LogP) is 2.99. The summed E-state index contributed by atoms with van der Waals surface area (Å²) in [5.74, 6) is -1.64. The van der Waals surface area contributed by atoms with E-state index in [1.807, 2.05) is 30.3 Å². The molecule has 0 spiro atoms. The average molecular weight is 466 g/mol. The minimum atomic E-state index is -0.983. The number of aromatic hydroxyl groups is 2. The van der Waals surface area contributed by atoms with Crippen LogP contribution < -0.4 is 10.6 Å². The molecule has 180 valence electrons. The molecule has 0 saturated carbocycles. The maximum absolute atomic E-state index is 13.2. The van der Waals surface area contributed by atoms with E-state index >= 15 is 0 Å². The quantitative estimate of drug-likeness (QED) is 0.257. The van der Waals surface area contributed by atoms with Crippen LogP contribution in [0.25, 0.3) is 0 Å². The minimum Gasteiger partial charge on any atom is -0.504 e. The molecule has 0 radical (unpaired) electrons. The van der Waals surface area contributed by atoms with Gasteiger partial charge in [0.25, 0.3) is 5.91 Å². The van der Waals surface area contributed by atoms with Crippen LogP contribution in [0.3, 0.4) is 0 Å². The number of hydrogen-bond donors (Lipinski definition) is 4. The first-order valence-corrected chi connectivity index (χ1v) is 11.3. The van der Waals surface area contributed by atoms with E-state index in [1.165, 1.54) is 19.2 Å². The number of hydrogen-bond acceptors (Lipinski definition) is 7. The number of esters is 1. The molecule has 1 amide bonds. The van der Waals surface area contributed by atoms with E-state index in [0.717, 1.165) is 36.1 Å². The lowest BCUT2D eigenvalue weighted by molar-refractivity contribution is -0.144. The lowest BCUT2D eigenvalue weighted by Crippen LogP contribution is -2.46. The number of nitrogens with one attached hydrogen (secondary N) is 2. The van der Waals surface area contributed by atoms with E-state index < -0.39 is 17.9 Å². The molecule has 4 N–H and O–H groups in total. The van der Waals surface area contributed by atoms with E-state index in [1.54, 1.807) is 13.1 Å². The zero-order valence-electron chi connectivity index (χ0n) is 19.5. The van der Waals surface area contributed by atoms with Crippen molar-refractivity contribution in [2.24, 2.45) is 4.99 Å². The van der Waals surface area contributed by atoms with Crippen molar-refractivity contribution in [3.05, 3.63) is 70.9 Å². The van der Waals surface area contributed by atoms with Crippen LogP contribution in [0.4, 0.5) is 0 Å². The number of methoxy groups -OCH3 is 1. The molecule has 1 aliphatic rings. The highest BCUT2D eigenvalue weighted by Crippen LogP contribution is 2.26. The van der Waals surface area contributed by atoms with Gasteiger partial charge in [0.2, 0.25) is 0 Å². The molecule has 2 aromatic carbocycles. The largest absolute Gasteiger partial charge is 0.504 e. The maximum atomic E-state index is 13.2.